The Balaban J connectivity index is 2.18. The minimum Gasteiger partial charge on any atom is -0.392 e. The van der Waals surface area contributed by atoms with Crippen LogP contribution in [0, 0.1) is 0 Å². The molecule has 2 heterocycles. The maximum Gasteiger partial charge on any atom is 0.249 e. The van der Waals surface area contributed by atoms with Crippen molar-refractivity contribution in [2.24, 2.45) is 10.7 Å². The molecule has 0 radical (unpaired) electrons. The summed E-state index contributed by atoms with van der Waals surface area (Å²) < 4.78 is 0. The molecule has 1 aromatic heterocycles. The fourth-order valence-corrected chi connectivity index (χ4v) is 2.69. The Morgan fingerprint density at radius 2 is 2.00 bits per heavy atom. The molecule has 116 valence electrons. The summed E-state index contributed by atoms with van der Waals surface area (Å²) in [5.74, 6) is -0.186. The number of carbonyl (C=O) groups excluding carboxylic acids is 1. The number of hydrogen-bond donors (Lipinski definition) is 1. The third-order valence-corrected chi connectivity index (χ3v) is 3.73. The molecule has 0 unspecified atom stereocenters. The van der Waals surface area contributed by atoms with Crippen molar-refractivity contribution in [3.05, 3.63) is 58.9 Å². The summed E-state index contributed by atoms with van der Waals surface area (Å²) in [5.41, 5.74) is 8.27. The fraction of sp³-hybridized carbons (Fsp3) is 0.125. The minimum absolute atomic E-state index is 0.000813. The van der Waals surface area contributed by atoms with E-state index in [-0.39, 0.29) is 24.0 Å². The normalized spacial score (nSPS) is 14.0. The van der Waals surface area contributed by atoms with Crippen LogP contribution in [0.1, 0.15) is 11.3 Å². The summed E-state index contributed by atoms with van der Waals surface area (Å²) >= 11 is 11.0. The topological polar surface area (TPSA) is 71.6 Å². The van der Waals surface area contributed by atoms with Crippen LogP contribution in [0.25, 0.3) is 0 Å². The zero-order chi connectivity index (χ0) is 16.4. The number of fused-ring (bicyclic) bond motifs is 1. The predicted octanol–water partition coefficient (Wildman–Crippen LogP) is 2.21. The highest BCUT2D eigenvalue weighted by Gasteiger charge is 2.26. The molecule has 0 saturated carbocycles. The van der Waals surface area contributed by atoms with Crippen molar-refractivity contribution in [3.8, 4) is 0 Å². The maximum atomic E-state index is 12.4. The van der Waals surface area contributed by atoms with Crippen molar-refractivity contribution in [1.29, 1.82) is 0 Å². The molecular weight excluding hydrogens is 332 g/mol. The second-order valence-electron chi connectivity index (χ2n) is 4.98. The van der Waals surface area contributed by atoms with E-state index in [1.54, 1.807) is 12.1 Å². The first-order valence-corrected chi connectivity index (χ1v) is 7.70. The smallest absolute Gasteiger partial charge is 0.249 e. The van der Waals surface area contributed by atoms with E-state index in [2.05, 4.69) is 9.98 Å². The molecule has 1 aliphatic rings. The van der Waals surface area contributed by atoms with Gasteiger partial charge in [-0.15, -0.1) is 0 Å². The van der Waals surface area contributed by atoms with E-state index >= 15 is 0 Å². The highest BCUT2D eigenvalue weighted by molar-refractivity contribution is 7.80. The number of hydrogen-bond acceptors (Lipinski definition) is 4. The largest absolute Gasteiger partial charge is 0.392 e. The second-order valence-corrected chi connectivity index (χ2v) is 5.89. The van der Waals surface area contributed by atoms with Crippen LogP contribution in [-0.4, -0.2) is 34.7 Å². The van der Waals surface area contributed by atoms with E-state index in [9.17, 15) is 4.79 Å². The van der Waals surface area contributed by atoms with Gasteiger partial charge in [0.05, 0.1) is 22.9 Å². The number of aromatic nitrogens is 1. The lowest BCUT2D eigenvalue weighted by atomic mass is 10.1. The highest BCUT2D eigenvalue weighted by atomic mass is 35.5. The van der Waals surface area contributed by atoms with Gasteiger partial charge in [-0.2, -0.15) is 0 Å². The molecule has 3 rings (SSSR count). The molecule has 0 spiro atoms. The second kappa shape index (κ2) is 6.44. The van der Waals surface area contributed by atoms with Crippen molar-refractivity contribution in [2.75, 3.05) is 18.0 Å². The number of anilines is 1. The lowest BCUT2D eigenvalue weighted by Crippen LogP contribution is -2.39. The molecule has 2 aromatic rings. The van der Waals surface area contributed by atoms with Gasteiger partial charge < -0.3 is 10.6 Å². The third kappa shape index (κ3) is 3.23. The van der Waals surface area contributed by atoms with Crippen molar-refractivity contribution in [2.45, 2.75) is 0 Å². The van der Waals surface area contributed by atoms with E-state index < -0.39 is 0 Å². The van der Waals surface area contributed by atoms with Crippen LogP contribution in [0.5, 0.6) is 0 Å². The van der Waals surface area contributed by atoms with E-state index in [0.717, 1.165) is 5.56 Å². The van der Waals surface area contributed by atoms with Crippen molar-refractivity contribution >= 4 is 46.1 Å². The van der Waals surface area contributed by atoms with E-state index in [0.29, 0.717) is 22.2 Å². The van der Waals surface area contributed by atoms with E-state index in [4.69, 9.17) is 29.6 Å². The van der Waals surface area contributed by atoms with Gasteiger partial charge in [-0.3, -0.25) is 9.79 Å². The molecule has 0 aliphatic carbocycles. The summed E-state index contributed by atoms with van der Waals surface area (Å²) in [6, 6.07) is 12.9. The predicted molar refractivity (Wildman–Crippen MR) is 95.3 cm³/mol. The van der Waals surface area contributed by atoms with Crippen LogP contribution in [0.15, 0.2) is 47.5 Å². The molecule has 1 aliphatic heterocycles. The SMILES string of the molecule is NC(=S)CN1C(=O)CN=C(c2ccccc2)c2nc(Cl)ccc21. The van der Waals surface area contributed by atoms with Gasteiger partial charge in [-0.05, 0) is 12.1 Å². The molecule has 2 N–H and O–H groups in total. The summed E-state index contributed by atoms with van der Waals surface area (Å²) in [4.78, 5) is 23.0. The van der Waals surface area contributed by atoms with Crippen LogP contribution < -0.4 is 10.6 Å². The molecule has 0 saturated heterocycles. The Morgan fingerprint density at radius 1 is 1.26 bits per heavy atom. The van der Waals surface area contributed by atoms with E-state index in [1.807, 2.05) is 30.3 Å². The quantitative estimate of drug-likeness (QED) is 0.684. The number of pyridine rings is 1. The maximum absolute atomic E-state index is 12.4. The lowest BCUT2D eigenvalue weighted by molar-refractivity contribution is -0.117. The molecule has 1 aromatic carbocycles. The van der Waals surface area contributed by atoms with Crippen LogP contribution in [-0.2, 0) is 4.79 Å². The number of halogens is 1. The van der Waals surface area contributed by atoms with Crippen molar-refractivity contribution in [3.63, 3.8) is 0 Å². The number of nitrogens with zero attached hydrogens (tertiary/aromatic N) is 3. The minimum atomic E-state index is -0.186. The first-order valence-electron chi connectivity index (χ1n) is 6.91. The molecule has 5 nitrogen and oxygen atoms in total. The molecule has 0 fully saturated rings. The lowest BCUT2D eigenvalue weighted by Gasteiger charge is -2.21. The third-order valence-electron chi connectivity index (χ3n) is 3.39. The van der Waals surface area contributed by atoms with Crippen LogP contribution in [0.4, 0.5) is 5.69 Å². The molecule has 0 bridgehead atoms. The summed E-state index contributed by atoms with van der Waals surface area (Å²) in [7, 11) is 0. The van der Waals surface area contributed by atoms with Gasteiger partial charge in [0.2, 0.25) is 5.91 Å². The van der Waals surface area contributed by atoms with Crippen LogP contribution in [0.2, 0.25) is 5.15 Å². The highest BCUT2D eigenvalue weighted by Crippen LogP contribution is 2.27. The summed E-state index contributed by atoms with van der Waals surface area (Å²) in [6.07, 6.45) is 0. The van der Waals surface area contributed by atoms with Crippen LogP contribution >= 0.6 is 23.8 Å². The van der Waals surface area contributed by atoms with E-state index in [1.165, 1.54) is 4.90 Å². The standard InChI is InChI=1S/C16H13ClN4OS/c17-12-7-6-11-16(20-12)15(10-4-2-1-3-5-10)19-8-14(22)21(11)9-13(18)23/h1-7H,8-9H2,(H2,18,23). The van der Waals surface area contributed by atoms with Crippen LogP contribution in [0.3, 0.4) is 0 Å². The van der Waals surface area contributed by atoms with Crippen molar-refractivity contribution in [1.82, 2.24) is 4.98 Å². The average Bonchev–Trinajstić information content (AvgIpc) is 2.66. The fourth-order valence-electron chi connectivity index (χ4n) is 2.41. The molecule has 0 atom stereocenters. The number of aliphatic imine (C=N–C) groups is 1. The zero-order valence-corrected chi connectivity index (χ0v) is 13.6. The Hall–Kier alpha value is -2.31. The first kappa shape index (κ1) is 15.6. The molecule has 23 heavy (non-hydrogen) atoms. The number of thiocarbonyl (C=S) groups is 1. The number of carbonyl (C=O) groups is 1. The van der Waals surface area contributed by atoms with Gasteiger partial charge in [0.25, 0.3) is 0 Å². The Morgan fingerprint density at radius 3 is 2.70 bits per heavy atom. The number of rotatable bonds is 3. The van der Waals surface area contributed by atoms with Gasteiger partial charge in [0.15, 0.2) is 0 Å². The zero-order valence-electron chi connectivity index (χ0n) is 12.1. The first-order chi connectivity index (χ1) is 11.1. The molecule has 7 heteroatoms. The average molecular weight is 345 g/mol. The van der Waals surface area contributed by atoms with Gasteiger partial charge in [0.1, 0.15) is 17.4 Å². The Kier molecular flexibility index (Phi) is 4.36. The van der Waals surface area contributed by atoms with Gasteiger partial charge in [-0.25, -0.2) is 4.98 Å². The summed E-state index contributed by atoms with van der Waals surface area (Å²) in [6.45, 7) is 0.142. The molecule has 1 amide bonds. The number of amides is 1. The number of nitrogens with two attached hydrogens (primary N) is 1. The molecular formula is C16H13ClN4OS. The monoisotopic (exact) mass is 344 g/mol. The van der Waals surface area contributed by atoms with Gasteiger partial charge >= 0.3 is 0 Å². The van der Waals surface area contributed by atoms with Gasteiger partial charge in [-0.1, -0.05) is 54.2 Å². The van der Waals surface area contributed by atoms with Gasteiger partial charge in [0, 0.05) is 5.56 Å². The number of benzene rings is 1. The summed E-state index contributed by atoms with van der Waals surface area (Å²) in [5, 5.41) is 0.331. The van der Waals surface area contributed by atoms with Crippen molar-refractivity contribution < 1.29 is 4.79 Å². The Bertz CT molecular complexity index is 807. The Labute approximate surface area is 143 Å².